The molecule has 0 spiro atoms. The van der Waals surface area contributed by atoms with Gasteiger partial charge in [0, 0.05) is 0 Å². The third-order valence-corrected chi connectivity index (χ3v) is 2.82. The summed E-state index contributed by atoms with van der Waals surface area (Å²) >= 11 is 0. The van der Waals surface area contributed by atoms with Gasteiger partial charge in [0.2, 0.25) is 0 Å². The van der Waals surface area contributed by atoms with Crippen LogP contribution < -0.4 is 0 Å². The largest absolute Gasteiger partial charge is 0.295 e. The second-order valence-electron chi connectivity index (χ2n) is 5.26. The fraction of sp³-hybridized carbons (Fsp3) is 0.438. The van der Waals surface area contributed by atoms with Crippen LogP contribution in [0.1, 0.15) is 33.8 Å². The van der Waals surface area contributed by atoms with Gasteiger partial charge in [0.05, 0.1) is 0 Å². The van der Waals surface area contributed by atoms with E-state index in [-0.39, 0.29) is 18.5 Å². The first-order chi connectivity index (χ1) is 7.91. The molecule has 0 bridgehead atoms. The molecule has 0 heterocycles. The lowest BCUT2D eigenvalue weighted by atomic mass is 9.49. The molecule has 1 radical (unpaired) electrons. The van der Waals surface area contributed by atoms with Gasteiger partial charge in [-0.05, 0) is 30.8 Å². The van der Waals surface area contributed by atoms with Crippen molar-refractivity contribution in [2.75, 3.05) is 0 Å². The van der Waals surface area contributed by atoms with Gasteiger partial charge in [-0.25, -0.2) is 0 Å². The number of rotatable bonds is 6. The van der Waals surface area contributed by atoms with Crippen LogP contribution in [0.5, 0.6) is 0 Å². The van der Waals surface area contributed by atoms with Crippen LogP contribution in [0, 0.1) is 0 Å². The van der Waals surface area contributed by atoms with Gasteiger partial charge in [-0.15, -0.1) is 0 Å². The Morgan fingerprint density at radius 2 is 1.83 bits per heavy atom. The Hall–Kier alpha value is -1.31. The number of Topliss-reactive ketones (excluding diaryl/α,β-unsaturated/α-hetero) is 1. The summed E-state index contributed by atoms with van der Waals surface area (Å²) in [5.41, 5.74) is 1.94. The third-order valence-electron chi connectivity index (χ3n) is 2.82. The van der Waals surface area contributed by atoms with Gasteiger partial charge in [0.25, 0.3) is 0 Å². The average molecular weight is 243 g/mol. The predicted octanol–water partition coefficient (Wildman–Crippen LogP) is 4.33. The molecule has 0 aliphatic rings. The lowest BCUT2D eigenvalue weighted by Crippen LogP contribution is -2.19. The van der Waals surface area contributed by atoms with Gasteiger partial charge in [-0.2, -0.15) is 0 Å². The maximum atomic E-state index is 11.5. The summed E-state index contributed by atoms with van der Waals surface area (Å²) < 4.78 is 0. The molecule has 0 saturated carbocycles. The van der Waals surface area contributed by atoms with Gasteiger partial charge in [-0.1, -0.05) is 63.5 Å². The fourth-order valence-corrected chi connectivity index (χ4v) is 1.74. The Labute approximate surface area is 113 Å². The van der Waals surface area contributed by atoms with Gasteiger partial charge in [0.15, 0.2) is 0 Å². The molecule has 0 aromatic heterocycles. The quantitative estimate of drug-likeness (QED) is 0.536. The summed E-state index contributed by atoms with van der Waals surface area (Å²) in [6.07, 6.45) is 1.44. The predicted molar refractivity (Wildman–Crippen MR) is 81.3 cm³/mol. The first-order valence-corrected chi connectivity index (χ1v) is 5.98. The lowest BCUT2D eigenvalue weighted by Gasteiger charge is -2.23. The molecule has 1 rings (SSSR count). The van der Waals surface area contributed by atoms with E-state index in [1.807, 2.05) is 18.2 Å². The van der Waals surface area contributed by atoms with E-state index in [1.54, 1.807) is 6.92 Å². The minimum atomic E-state index is 0. The summed E-state index contributed by atoms with van der Waals surface area (Å²) in [6, 6.07) is 10.4. The van der Waals surface area contributed by atoms with E-state index in [9.17, 15) is 4.79 Å². The molecule has 0 saturated heterocycles. The Kier molecular flexibility index (Phi) is 6.68. The van der Waals surface area contributed by atoms with Crippen molar-refractivity contribution in [2.24, 2.45) is 0 Å². The molecule has 1 aromatic carbocycles. The van der Waals surface area contributed by atoms with E-state index < -0.39 is 0 Å². The van der Waals surface area contributed by atoms with Crippen LogP contribution >= 0.6 is 0 Å². The minimum absolute atomic E-state index is 0. The summed E-state index contributed by atoms with van der Waals surface area (Å²) in [5.74, 6) is 0.131. The van der Waals surface area contributed by atoms with Crippen molar-refractivity contribution >= 4 is 13.1 Å². The molecule has 0 atom stereocenters. The molecule has 1 aromatic rings. The zero-order valence-electron chi connectivity index (χ0n) is 11.0. The van der Waals surface area contributed by atoms with E-state index in [0.717, 1.165) is 6.42 Å². The van der Waals surface area contributed by atoms with Gasteiger partial charge < -0.3 is 0 Å². The summed E-state index contributed by atoms with van der Waals surface area (Å²) in [7, 11) is 2.09. The van der Waals surface area contributed by atoms with E-state index in [1.165, 1.54) is 5.56 Å². The molecule has 2 heteroatoms. The van der Waals surface area contributed by atoms with Crippen LogP contribution in [-0.2, 0) is 11.2 Å². The average Bonchev–Trinajstić information content (AvgIpc) is 2.26. The normalized spacial score (nSPS) is 10.4. The highest BCUT2D eigenvalue weighted by atomic mass is 16.1. The molecular weight excluding hydrogens is 219 g/mol. The van der Waals surface area contributed by atoms with Crippen LogP contribution in [0.3, 0.4) is 0 Å². The van der Waals surface area contributed by atoms with Crippen molar-refractivity contribution in [2.45, 2.75) is 46.3 Å². The number of hydrogen-bond donors (Lipinski definition) is 0. The number of carbonyl (C=O) groups is 1. The van der Waals surface area contributed by atoms with Crippen molar-refractivity contribution in [3.8, 4) is 0 Å². The third kappa shape index (κ3) is 5.86. The van der Waals surface area contributed by atoms with E-state index >= 15 is 0 Å². The fourth-order valence-electron chi connectivity index (χ4n) is 1.74. The van der Waals surface area contributed by atoms with E-state index in [0.29, 0.717) is 11.9 Å². The van der Waals surface area contributed by atoms with Crippen LogP contribution in [0.25, 0.3) is 0 Å². The number of ketones is 1. The summed E-state index contributed by atoms with van der Waals surface area (Å²) in [4.78, 5) is 11.5. The highest BCUT2D eigenvalue weighted by Crippen LogP contribution is 2.29. The molecule has 0 fully saturated rings. The van der Waals surface area contributed by atoms with Gasteiger partial charge in [0.1, 0.15) is 13.1 Å². The molecule has 18 heavy (non-hydrogen) atoms. The topological polar surface area (TPSA) is 17.1 Å². The molecular formula is C16H24BO. The number of hydrogen-bond acceptors (Lipinski definition) is 1. The number of carbonyl (C=O) groups excluding carboxylic acids is 1. The highest BCUT2D eigenvalue weighted by molar-refractivity contribution is 6.46. The molecule has 0 N–H and O–H groups in total. The Morgan fingerprint density at radius 1 is 1.28 bits per heavy atom. The first-order valence-electron chi connectivity index (χ1n) is 5.98. The van der Waals surface area contributed by atoms with E-state index in [2.05, 4.69) is 39.8 Å². The lowest BCUT2D eigenvalue weighted by molar-refractivity contribution is -0.113. The molecule has 1 nitrogen and oxygen atoms in total. The molecule has 97 valence electrons. The van der Waals surface area contributed by atoms with Gasteiger partial charge in [-0.3, -0.25) is 4.79 Å². The standard InChI is InChI=1S/C15H20BO.CH4/c1-12(2)14(17)11-16-15(3,4)10-13-8-6-5-7-9-13;/h5-9H,1,10-11H2,2-4H3;1H4. The number of benzene rings is 1. The zero-order chi connectivity index (χ0) is 12.9. The Balaban J connectivity index is 0.00000289. The van der Waals surface area contributed by atoms with Crippen LogP contribution in [-0.4, -0.2) is 13.1 Å². The molecule has 0 amide bonds. The second kappa shape index (κ2) is 7.20. The zero-order valence-corrected chi connectivity index (χ0v) is 11.0. The van der Waals surface area contributed by atoms with Crippen LogP contribution in [0.2, 0.25) is 11.6 Å². The van der Waals surface area contributed by atoms with Crippen LogP contribution in [0.4, 0.5) is 0 Å². The first kappa shape index (κ1) is 16.7. The maximum absolute atomic E-state index is 11.5. The van der Waals surface area contributed by atoms with E-state index in [4.69, 9.17) is 0 Å². The Bertz CT molecular complexity index is 393. The monoisotopic (exact) mass is 243 g/mol. The SMILES string of the molecule is C.C=C(C)C(=O)C[B]C(C)(C)Cc1ccccc1. The van der Waals surface area contributed by atoms with Crippen molar-refractivity contribution in [3.63, 3.8) is 0 Å². The van der Waals surface area contributed by atoms with Crippen molar-refractivity contribution in [1.82, 2.24) is 0 Å². The molecule has 0 aliphatic heterocycles. The second-order valence-corrected chi connectivity index (χ2v) is 5.26. The summed E-state index contributed by atoms with van der Waals surface area (Å²) in [6.45, 7) is 9.75. The smallest absolute Gasteiger partial charge is 0.150 e. The Morgan fingerprint density at radius 3 is 2.33 bits per heavy atom. The minimum Gasteiger partial charge on any atom is -0.295 e. The van der Waals surface area contributed by atoms with Gasteiger partial charge >= 0.3 is 0 Å². The van der Waals surface area contributed by atoms with Crippen molar-refractivity contribution in [1.29, 1.82) is 0 Å². The highest BCUT2D eigenvalue weighted by Gasteiger charge is 2.21. The molecule has 0 aliphatic carbocycles. The number of allylic oxidation sites excluding steroid dienone is 1. The maximum Gasteiger partial charge on any atom is 0.150 e. The van der Waals surface area contributed by atoms with Crippen molar-refractivity contribution in [3.05, 3.63) is 48.0 Å². The summed E-state index contributed by atoms with van der Waals surface area (Å²) in [5, 5.41) is 0.0342. The molecule has 0 unspecified atom stereocenters. The van der Waals surface area contributed by atoms with Crippen LogP contribution in [0.15, 0.2) is 42.5 Å². The van der Waals surface area contributed by atoms with Crippen molar-refractivity contribution < 1.29 is 4.79 Å².